The minimum atomic E-state index is -0.557. The van der Waals surface area contributed by atoms with Gasteiger partial charge in [0.2, 0.25) is 0 Å². The highest BCUT2D eigenvalue weighted by Gasteiger charge is 2.52. The van der Waals surface area contributed by atoms with Crippen LogP contribution in [0.5, 0.6) is 5.75 Å². The molecule has 164 valence electrons. The summed E-state index contributed by atoms with van der Waals surface area (Å²) in [4.78, 5) is 17.8. The molecule has 1 aromatic carbocycles. The summed E-state index contributed by atoms with van der Waals surface area (Å²) >= 11 is 0. The summed E-state index contributed by atoms with van der Waals surface area (Å²) in [6.07, 6.45) is 7.23. The highest BCUT2D eigenvalue weighted by Crippen LogP contribution is 2.54. The largest absolute Gasteiger partial charge is 0.494 e. The summed E-state index contributed by atoms with van der Waals surface area (Å²) in [5.41, 5.74) is 5.40. The van der Waals surface area contributed by atoms with Crippen molar-refractivity contribution in [2.75, 3.05) is 7.11 Å². The number of fused-ring (bicyclic) bond motifs is 1. The lowest BCUT2D eigenvalue weighted by Gasteiger charge is -2.47. The maximum atomic E-state index is 13.6. The SMILES string of the molecule is CCC1(c2cccc(-c3ccncc3OC)c2)C2=CN=NC2NC2=C1C(=O)CC(C)(C)C2. The Bertz CT molecular complexity index is 1190. The number of aromatic nitrogens is 1. The van der Waals surface area contributed by atoms with E-state index in [9.17, 15) is 4.79 Å². The van der Waals surface area contributed by atoms with E-state index < -0.39 is 5.41 Å². The van der Waals surface area contributed by atoms with Gasteiger partial charge in [-0.15, -0.1) is 0 Å². The van der Waals surface area contributed by atoms with Crippen LogP contribution in [-0.2, 0) is 10.2 Å². The van der Waals surface area contributed by atoms with E-state index in [-0.39, 0.29) is 17.4 Å². The molecule has 1 aliphatic carbocycles. The number of Topliss-reactive ketones (excluding diaryl/α,β-unsaturated/α-hetero) is 1. The molecule has 1 aromatic heterocycles. The normalized spacial score (nSPS) is 25.7. The highest BCUT2D eigenvalue weighted by atomic mass is 16.5. The molecule has 5 rings (SSSR count). The third-order valence-electron chi connectivity index (χ3n) is 6.98. The number of methoxy groups -OCH3 is 1. The zero-order valence-electron chi connectivity index (χ0n) is 19.0. The van der Waals surface area contributed by atoms with E-state index in [1.54, 1.807) is 19.5 Å². The van der Waals surface area contributed by atoms with Crippen LogP contribution in [-0.4, -0.2) is 24.0 Å². The van der Waals surface area contributed by atoms with Crippen molar-refractivity contribution in [3.8, 4) is 16.9 Å². The predicted octanol–water partition coefficient (Wildman–Crippen LogP) is 5.33. The number of hydrogen-bond acceptors (Lipinski definition) is 6. The zero-order chi connectivity index (χ0) is 22.5. The molecule has 0 saturated carbocycles. The number of nitrogens with zero attached hydrogens (tertiary/aromatic N) is 3. The second-order valence-corrected chi connectivity index (χ2v) is 9.57. The summed E-state index contributed by atoms with van der Waals surface area (Å²) in [7, 11) is 1.65. The number of carbonyl (C=O) groups excluding carboxylic acids is 1. The standard InChI is InChI=1S/C26H28N4O2/c1-5-26(17-8-6-7-16(11-17)18-9-10-27-15-22(18)32-4)19-14-28-30-24(19)29-20-12-25(2,3)13-21(31)23(20)26/h6-11,14-15,24,29H,5,12-13H2,1-4H3. The zero-order valence-corrected chi connectivity index (χ0v) is 19.0. The average molecular weight is 429 g/mol. The van der Waals surface area contributed by atoms with E-state index in [2.05, 4.69) is 65.6 Å². The maximum Gasteiger partial charge on any atom is 0.164 e. The molecule has 6 heteroatoms. The molecule has 2 atom stereocenters. The van der Waals surface area contributed by atoms with Crippen LogP contribution >= 0.6 is 0 Å². The third kappa shape index (κ3) is 3.00. The molecule has 2 unspecified atom stereocenters. The van der Waals surface area contributed by atoms with Crippen LogP contribution in [0.25, 0.3) is 11.1 Å². The fourth-order valence-electron chi connectivity index (χ4n) is 5.62. The van der Waals surface area contributed by atoms with E-state index >= 15 is 0 Å². The molecule has 3 aliphatic rings. The van der Waals surface area contributed by atoms with E-state index in [4.69, 9.17) is 4.74 Å². The van der Waals surface area contributed by atoms with E-state index in [0.717, 1.165) is 52.1 Å². The number of benzene rings is 1. The average Bonchev–Trinajstić information content (AvgIpc) is 3.25. The molecule has 0 fully saturated rings. The molecule has 32 heavy (non-hydrogen) atoms. The fraction of sp³-hybridized carbons (Fsp3) is 0.385. The van der Waals surface area contributed by atoms with Gasteiger partial charge in [-0.05, 0) is 41.5 Å². The molecule has 6 nitrogen and oxygen atoms in total. The van der Waals surface area contributed by atoms with Crippen LogP contribution in [0.1, 0.15) is 45.6 Å². The van der Waals surface area contributed by atoms with Crippen molar-refractivity contribution in [2.45, 2.75) is 51.6 Å². The number of allylic oxidation sites excluding steroid dienone is 2. The molecule has 2 aliphatic heterocycles. The van der Waals surface area contributed by atoms with Crippen LogP contribution < -0.4 is 10.1 Å². The molecule has 0 amide bonds. The maximum absolute atomic E-state index is 13.6. The quantitative estimate of drug-likeness (QED) is 0.714. The Morgan fingerprint density at radius 1 is 1.22 bits per heavy atom. The van der Waals surface area contributed by atoms with Crippen LogP contribution in [0.2, 0.25) is 0 Å². The lowest BCUT2D eigenvalue weighted by molar-refractivity contribution is -0.119. The summed E-state index contributed by atoms with van der Waals surface area (Å²) in [5, 5.41) is 12.2. The minimum Gasteiger partial charge on any atom is -0.494 e. The van der Waals surface area contributed by atoms with Crippen molar-refractivity contribution in [1.29, 1.82) is 0 Å². The van der Waals surface area contributed by atoms with Crippen molar-refractivity contribution >= 4 is 5.78 Å². The van der Waals surface area contributed by atoms with Crippen LogP contribution in [0.3, 0.4) is 0 Å². The first-order valence-electron chi connectivity index (χ1n) is 11.1. The summed E-state index contributed by atoms with van der Waals surface area (Å²) in [6.45, 7) is 6.46. The van der Waals surface area contributed by atoms with Crippen LogP contribution in [0.4, 0.5) is 0 Å². The number of pyridine rings is 1. The fourth-order valence-corrected chi connectivity index (χ4v) is 5.62. The Hall–Kier alpha value is -3.28. The molecular formula is C26H28N4O2. The Labute approximate surface area is 188 Å². The summed E-state index contributed by atoms with van der Waals surface area (Å²) in [5.74, 6) is 0.933. The van der Waals surface area contributed by atoms with Gasteiger partial charge in [0.1, 0.15) is 5.75 Å². The number of rotatable bonds is 4. The first kappa shape index (κ1) is 20.6. The van der Waals surface area contributed by atoms with Crippen molar-refractivity contribution < 1.29 is 9.53 Å². The Balaban J connectivity index is 1.74. The van der Waals surface area contributed by atoms with Gasteiger partial charge >= 0.3 is 0 Å². The summed E-state index contributed by atoms with van der Waals surface area (Å²) < 4.78 is 5.55. The number of nitrogens with one attached hydrogen (secondary N) is 1. The van der Waals surface area contributed by atoms with Gasteiger partial charge in [0.15, 0.2) is 11.9 Å². The van der Waals surface area contributed by atoms with Crippen LogP contribution in [0.15, 0.2) is 76.0 Å². The van der Waals surface area contributed by atoms with Gasteiger partial charge in [0.05, 0.1) is 24.9 Å². The monoisotopic (exact) mass is 428 g/mol. The minimum absolute atomic E-state index is 0.0778. The Kier molecular flexibility index (Phi) is 4.77. The molecule has 1 N–H and O–H groups in total. The van der Waals surface area contributed by atoms with Crippen LogP contribution in [0, 0.1) is 5.41 Å². The van der Waals surface area contributed by atoms with Gasteiger partial charge in [0, 0.05) is 35.0 Å². The van der Waals surface area contributed by atoms with Gasteiger partial charge in [-0.3, -0.25) is 9.78 Å². The smallest absolute Gasteiger partial charge is 0.164 e. The van der Waals surface area contributed by atoms with Crippen molar-refractivity contribution in [1.82, 2.24) is 10.3 Å². The molecule has 0 bridgehead atoms. The van der Waals surface area contributed by atoms with Gasteiger partial charge in [0.25, 0.3) is 0 Å². The second kappa shape index (κ2) is 7.40. The van der Waals surface area contributed by atoms with Crippen molar-refractivity contribution in [3.05, 3.63) is 71.3 Å². The topological polar surface area (TPSA) is 75.9 Å². The first-order chi connectivity index (χ1) is 15.4. The molecule has 0 saturated heterocycles. The lowest BCUT2D eigenvalue weighted by atomic mass is 9.58. The number of azo groups is 1. The lowest BCUT2D eigenvalue weighted by Crippen LogP contribution is -2.51. The van der Waals surface area contributed by atoms with E-state index in [1.165, 1.54) is 0 Å². The highest BCUT2D eigenvalue weighted by molar-refractivity contribution is 6.01. The van der Waals surface area contributed by atoms with Gasteiger partial charge in [-0.2, -0.15) is 10.2 Å². The number of ketones is 1. The summed E-state index contributed by atoms with van der Waals surface area (Å²) in [6, 6.07) is 10.4. The number of carbonyl (C=O) groups is 1. The molecular weight excluding hydrogens is 400 g/mol. The first-order valence-corrected chi connectivity index (χ1v) is 11.1. The second-order valence-electron chi connectivity index (χ2n) is 9.57. The number of hydrogen-bond donors (Lipinski definition) is 1. The molecule has 2 aromatic rings. The third-order valence-corrected chi connectivity index (χ3v) is 6.98. The number of ether oxygens (including phenoxy) is 1. The van der Waals surface area contributed by atoms with Gasteiger partial charge in [-0.1, -0.05) is 39.0 Å². The van der Waals surface area contributed by atoms with Gasteiger partial charge < -0.3 is 10.1 Å². The molecule has 0 spiro atoms. The van der Waals surface area contributed by atoms with E-state index in [0.29, 0.717) is 6.42 Å². The van der Waals surface area contributed by atoms with E-state index in [1.807, 2.05) is 12.3 Å². The molecule has 0 radical (unpaired) electrons. The van der Waals surface area contributed by atoms with Crippen molar-refractivity contribution in [3.63, 3.8) is 0 Å². The molecule has 3 heterocycles. The van der Waals surface area contributed by atoms with Gasteiger partial charge in [-0.25, -0.2) is 0 Å². The Morgan fingerprint density at radius 3 is 2.84 bits per heavy atom. The predicted molar refractivity (Wildman–Crippen MR) is 123 cm³/mol. The Morgan fingerprint density at radius 2 is 2.06 bits per heavy atom. The van der Waals surface area contributed by atoms with Crippen molar-refractivity contribution in [2.24, 2.45) is 15.6 Å².